The minimum absolute atomic E-state index is 0.0276. The second-order valence-corrected chi connectivity index (χ2v) is 16.9. The minimum atomic E-state index is -4.75. The van der Waals surface area contributed by atoms with E-state index >= 15 is 0 Å². The molecule has 6 rings (SSSR count). The number of hydrogen-bond acceptors (Lipinski definition) is 11. The van der Waals surface area contributed by atoms with Crippen LogP contribution in [0, 0.1) is 11.3 Å². The number of carbonyl (C=O) groups excluding carboxylic acids is 4. The number of piperazine rings is 1. The Morgan fingerprint density at radius 3 is 2.35 bits per heavy atom. The highest BCUT2D eigenvalue weighted by molar-refractivity contribution is 7.81. The first-order chi connectivity index (χ1) is 26.8. The number of halogens is 3. The summed E-state index contributed by atoms with van der Waals surface area (Å²) in [5.74, 6) is -0.780. The van der Waals surface area contributed by atoms with Crippen LogP contribution in [0.2, 0.25) is 0 Å². The monoisotopic (exact) mass is 812 g/mol. The van der Waals surface area contributed by atoms with E-state index in [1.165, 1.54) is 11.0 Å². The van der Waals surface area contributed by atoms with Gasteiger partial charge in [-0.15, -0.1) is 12.6 Å². The molecule has 3 aliphatic heterocycles. The molecule has 0 bridgehead atoms. The quantitative estimate of drug-likeness (QED) is 0.228. The summed E-state index contributed by atoms with van der Waals surface area (Å²) >= 11 is 4.76. The van der Waals surface area contributed by atoms with Gasteiger partial charge in [0, 0.05) is 56.1 Å². The van der Waals surface area contributed by atoms with Crippen molar-refractivity contribution < 1.29 is 37.1 Å². The van der Waals surface area contributed by atoms with E-state index in [9.17, 15) is 37.6 Å². The average Bonchev–Trinajstić information content (AvgIpc) is 3.33. The molecule has 2 aromatic rings. The Balaban J connectivity index is 0.945. The molecule has 1 aliphatic carbocycles. The van der Waals surface area contributed by atoms with Crippen LogP contribution in [-0.4, -0.2) is 111 Å². The van der Waals surface area contributed by atoms with Gasteiger partial charge in [-0.3, -0.25) is 44.1 Å². The number of nitrogens with one attached hydrogen (secondary N) is 2. The number of carbonyl (C=O) groups is 4. The molecule has 4 heterocycles. The first-order valence-corrected chi connectivity index (χ1v) is 20.0. The number of amides is 4. The number of thiol groups is 1. The largest absolute Gasteiger partial charge is 0.417 e. The van der Waals surface area contributed by atoms with Crippen LogP contribution in [0.25, 0.3) is 0 Å². The molecule has 4 atom stereocenters. The Morgan fingerprint density at radius 1 is 1.07 bits per heavy atom. The fourth-order valence-electron chi connectivity index (χ4n) is 8.85. The Kier molecular flexibility index (Phi) is 12.4. The van der Waals surface area contributed by atoms with Crippen molar-refractivity contribution in [3.63, 3.8) is 0 Å². The molecule has 57 heavy (non-hydrogen) atoms. The molecule has 1 saturated carbocycles. The molecule has 17 heteroatoms. The van der Waals surface area contributed by atoms with Crippen LogP contribution in [0.3, 0.4) is 0 Å². The van der Waals surface area contributed by atoms with E-state index in [1.54, 1.807) is 45.2 Å². The zero-order valence-electron chi connectivity index (χ0n) is 32.9. The normalized spacial score (nSPS) is 28.9. The predicted octanol–water partition coefficient (Wildman–Crippen LogP) is 4.67. The lowest BCUT2D eigenvalue weighted by molar-refractivity contribution is -0.138. The molecule has 0 spiro atoms. The predicted molar refractivity (Wildman–Crippen MR) is 209 cm³/mol. The molecule has 308 valence electrons. The standard InChI is InChI=1S/C40H51F3N8O5S/c1-24-21-48(22-25(2)49(24)23-34(53)46-32-13-7-27(20-45-32)39(5)15-14-33(52)47-35(39)54)16-17-56-30-11-9-28(10-12-30)51-37(57)50(36(55)38(51,3)4)29-8-6-26(19-44)31(18-29)40(41,42)43/h6-8,13,18,20,24-25,28,30,37,57H,9-12,14-17,21-23H2,1-5H3,(H,45,46,53)(H,47,52,54)/t24-,25+,28?,30?,37?,39?. The summed E-state index contributed by atoms with van der Waals surface area (Å²) in [5, 5.41) is 14.5. The van der Waals surface area contributed by atoms with Crippen molar-refractivity contribution in [2.75, 3.05) is 43.0 Å². The zero-order chi connectivity index (χ0) is 41.4. The van der Waals surface area contributed by atoms with Crippen LogP contribution in [0.1, 0.15) is 89.8 Å². The Labute approximate surface area is 336 Å². The van der Waals surface area contributed by atoms with Gasteiger partial charge in [0.1, 0.15) is 11.3 Å². The van der Waals surface area contributed by atoms with Gasteiger partial charge in [0.2, 0.25) is 23.6 Å². The lowest BCUT2D eigenvalue weighted by Crippen LogP contribution is -2.58. The number of ether oxygens (including phenoxy) is 1. The number of rotatable bonds is 10. The van der Waals surface area contributed by atoms with Crippen LogP contribution < -0.4 is 15.5 Å². The summed E-state index contributed by atoms with van der Waals surface area (Å²) in [6, 6.07) is 8.54. The molecule has 1 aromatic carbocycles. The lowest BCUT2D eigenvalue weighted by Gasteiger charge is -2.44. The number of alkyl halides is 3. The number of nitrogens with zero attached hydrogens (tertiary/aromatic N) is 6. The molecule has 3 saturated heterocycles. The van der Waals surface area contributed by atoms with Gasteiger partial charge < -0.3 is 10.1 Å². The number of anilines is 2. The number of aromatic nitrogens is 1. The molecular formula is C40H51F3N8O5S. The topological polar surface area (TPSA) is 151 Å². The second-order valence-electron chi connectivity index (χ2n) is 16.4. The highest BCUT2D eigenvalue weighted by Crippen LogP contribution is 2.43. The van der Waals surface area contributed by atoms with Crippen molar-refractivity contribution in [3.8, 4) is 6.07 Å². The third kappa shape index (κ3) is 8.85. The number of imide groups is 1. The van der Waals surface area contributed by atoms with E-state index in [0.717, 1.165) is 57.5 Å². The Morgan fingerprint density at radius 2 is 1.75 bits per heavy atom. The van der Waals surface area contributed by atoms with Gasteiger partial charge in [0.15, 0.2) is 0 Å². The Hall–Kier alpha value is -4.08. The molecule has 2 unspecified atom stereocenters. The fourth-order valence-corrected chi connectivity index (χ4v) is 9.57. The molecular weight excluding hydrogens is 762 g/mol. The smallest absolute Gasteiger partial charge is 0.377 e. The van der Waals surface area contributed by atoms with Gasteiger partial charge in [0.25, 0.3) is 0 Å². The van der Waals surface area contributed by atoms with Crippen LogP contribution >= 0.6 is 12.6 Å². The van der Waals surface area contributed by atoms with E-state index in [-0.39, 0.29) is 66.5 Å². The van der Waals surface area contributed by atoms with Gasteiger partial charge in [0.05, 0.1) is 47.4 Å². The summed E-state index contributed by atoms with van der Waals surface area (Å²) < 4.78 is 47.6. The lowest BCUT2D eigenvalue weighted by atomic mass is 9.76. The van der Waals surface area contributed by atoms with Gasteiger partial charge >= 0.3 is 6.18 Å². The Bertz CT molecular complexity index is 1890. The maximum absolute atomic E-state index is 13.7. The third-order valence-corrected chi connectivity index (χ3v) is 12.6. The number of benzene rings is 1. The molecule has 4 amide bonds. The fraction of sp³-hybridized carbons (Fsp3) is 0.600. The first-order valence-electron chi connectivity index (χ1n) is 19.5. The third-order valence-electron chi connectivity index (χ3n) is 12.2. The van der Waals surface area contributed by atoms with E-state index in [1.807, 2.05) is 4.90 Å². The highest BCUT2D eigenvalue weighted by atomic mass is 32.1. The maximum atomic E-state index is 13.7. The second kappa shape index (κ2) is 16.6. The van der Waals surface area contributed by atoms with Crippen molar-refractivity contribution in [3.05, 3.63) is 53.2 Å². The number of hydrogen-bond donors (Lipinski definition) is 3. The van der Waals surface area contributed by atoms with Crippen molar-refractivity contribution in [2.45, 2.75) is 120 Å². The summed E-state index contributed by atoms with van der Waals surface area (Å²) in [6.07, 6.45) is 0.529. The SMILES string of the molecule is C[C@@H]1CN(CCOC2CCC(N3C(S)N(c4ccc(C#N)c(C(F)(F)F)c4)C(=O)C3(C)C)CC2)C[C@H](C)N1CC(=O)Nc1ccc(C2(C)CCC(=O)NC2=O)cn1. The van der Waals surface area contributed by atoms with Crippen LogP contribution in [0.5, 0.6) is 0 Å². The summed E-state index contributed by atoms with van der Waals surface area (Å²) in [7, 11) is 0. The van der Waals surface area contributed by atoms with Crippen LogP contribution in [-0.2, 0) is 35.5 Å². The van der Waals surface area contributed by atoms with Crippen LogP contribution in [0.15, 0.2) is 36.5 Å². The molecule has 0 radical (unpaired) electrons. The van der Waals surface area contributed by atoms with Gasteiger partial charge in [-0.1, -0.05) is 6.07 Å². The van der Waals surface area contributed by atoms with Crippen molar-refractivity contribution in [1.82, 2.24) is 25.0 Å². The van der Waals surface area contributed by atoms with Crippen molar-refractivity contribution in [1.29, 1.82) is 5.26 Å². The van der Waals surface area contributed by atoms with Gasteiger partial charge in [-0.2, -0.15) is 18.4 Å². The molecule has 2 N–H and O–H groups in total. The van der Waals surface area contributed by atoms with Gasteiger partial charge in [-0.05, 0) is 96.6 Å². The molecule has 13 nitrogen and oxygen atoms in total. The molecule has 1 aromatic heterocycles. The average molecular weight is 813 g/mol. The number of piperidine rings is 1. The summed E-state index contributed by atoms with van der Waals surface area (Å²) in [5.41, 5.74) is -3.50. The van der Waals surface area contributed by atoms with E-state index in [4.69, 9.17) is 17.4 Å². The first kappa shape index (κ1) is 42.5. The maximum Gasteiger partial charge on any atom is 0.417 e. The summed E-state index contributed by atoms with van der Waals surface area (Å²) in [6.45, 7) is 12.5. The van der Waals surface area contributed by atoms with Crippen LogP contribution in [0.4, 0.5) is 24.7 Å². The van der Waals surface area contributed by atoms with E-state index < -0.39 is 33.8 Å². The molecule has 4 fully saturated rings. The minimum Gasteiger partial charge on any atom is -0.377 e. The molecule has 4 aliphatic rings. The van der Waals surface area contributed by atoms with Crippen molar-refractivity contribution >= 4 is 47.8 Å². The van der Waals surface area contributed by atoms with E-state index in [2.05, 4.69) is 39.3 Å². The van der Waals surface area contributed by atoms with Gasteiger partial charge in [-0.25, -0.2) is 4.98 Å². The summed E-state index contributed by atoms with van der Waals surface area (Å²) in [4.78, 5) is 63.0. The number of pyridine rings is 1. The van der Waals surface area contributed by atoms with Crippen molar-refractivity contribution in [2.24, 2.45) is 0 Å². The van der Waals surface area contributed by atoms with E-state index in [0.29, 0.717) is 24.4 Å². The zero-order valence-corrected chi connectivity index (χ0v) is 33.8. The number of nitriles is 1. The highest BCUT2D eigenvalue weighted by Gasteiger charge is 2.54.